The third kappa shape index (κ3) is 9.97. The van der Waals surface area contributed by atoms with E-state index in [1.165, 1.54) is 0 Å². The Morgan fingerprint density at radius 1 is 1.08 bits per heavy atom. The van der Waals surface area contributed by atoms with Crippen LogP contribution in [-0.4, -0.2) is 50.1 Å². The van der Waals surface area contributed by atoms with Crippen LogP contribution in [0.3, 0.4) is 0 Å². The van der Waals surface area contributed by atoms with Gasteiger partial charge in [0.2, 0.25) is 0 Å². The van der Waals surface area contributed by atoms with Crippen LogP contribution < -0.4 is 0 Å². The summed E-state index contributed by atoms with van der Waals surface area (Å²) >= 11 is 0. The molecule has 1 aromatic carbocycles. The molecule has 24 heavy (non-hydrogen) atoms. The second kappa shape index (κ2) is 12.5. The molecular formula is C18H26O6. The Morgan fingerprint density at radius 3 is 2.46 bits per heavy atom. The van der Waals surface area contributed by atoms with E-state index in [-0.39, 0.29) is 24.9 Å². The van der Waals surface area contributed by atoms with Crippen LogP contribution in [0.5, 0.6) is 0 Å². The fraction of sp³-hybridized carbons (Fsp3) is 0.556. The van der Waals surface area contributed by atoms with Gasteiger partial charge in [-0.15, -0.1) is 0 Å². The number of aliphatic carboxylic acids is 1. The Morgan fingerprint density at radius 2 is 1.79 bits per heavy atom. The van der Waals surface area contributed by atoms with Crippen LogP contribution in [0.1, 0.15) is 31.2 Å². The molecule has 0 heterocycles. The van der Waals surface area contributed by atoms with Gasteiger partial charge in [0.25, 0.3) is 0 Å². The van der Waals surface area contributed by atoms with E-state index in [1.54, 1.807) is 7.11 Å². The molecule has 0 aliphatic heterocycles. The van der Waals surface area contributed by atoms with Crippen LogP contribution >= 0.6 is 0 Å². The number of hydrogen-bond acceptors (Lipinski definition) is 5. The lowest BCUT2D eigenvalue weighted by Gasteiger charge is -2.18. The molecule has 0 saturated heterocycles. The Kier molecular flexibility index (Phi) is 10.5. The predicted octanol–water partition coefficient (Wildman–Crippen LogP) is 2.45. The van der Waals surface area contributed by atoms with Crippen molar-refractivity contribution < 1.29 is 28.9 Å². The molecule has 1 unspecified atom stereocenters. The first-order valence-corrected chi connectivity index (χ1v) is 8.13. The summed E-state index contributed by atoms with van der Waals surface area (Å²) in [4.78, 5) is 22.4. The molecule has 0 aliphatic carbocycles. The minimum atomic E-state index is -0.850. The van der Waals surface area contributed by atoms with E-state index in [9.17, 15) is 9.59 Å². The number of methoxy groups -OCH3 is 1. The fourth-order valence-electron chi connectivity index (χ4n) is 2.16. The van der Waals surface area contributed by atoms with E-state index in [0.717, 1.165) is 5.56 Å². The van der Waals surface area contributed by atoms with Gasteiger partial charge >= 0.3 is 11.9 Å². The van der Waals surface area contributed by atoms with Crippen molar-refractivity contribution >= 4 is 11.9 Å². The van der Waals surface area contributed by atoms with Crippen molar-refractivity contribution in [2.75, 3.05) is 26.9 Å². The van der Waals surface area contributed by atoms with E-state index < -0.39 is 5.97 Å². The SMILES string of the molecule is COCCOCC(Cc1ccccc1)OC(=O)CCCCC(=O)O. The van der Waals surface area contributed by atoms with Gasteiger partial charge in [0.15, 0.2) is 0 Å². The maximum atomic E-state index is 11.9. The topological polar surface area (TPSA) is 82.1 Å². The molecule has 0 amide bonds. The normalized spacial score (nSPS) is 11.9. The van der Waals surface area contributed by atoms with E-state index in [0.29, 0.717) is 39.1 Å². The first-order valence-electron chi connectivity index (χ1n) is 8.13. The number of hydrogen-bond donors (Lipinski definition) is 1. The van der Waals surface area contributed by atoms with E-state index >= 15 is 0 Å². The molecule has 0 saturated carbocycles. The second-order valence-corrected chi connectivity index (χ2v) is 5.47. The zero-order chi connectivity index (χ0) is 17.6. The zero-order valence-electron chi connectivity index (χ0n) is 14.1. The summed E-state index contributed by atoms with van der Waals surface area (Å²) in [5.74, 6) is -1.17. The number of rotatable bonds is 13. The Balaban J connectivity index is 2.41. The van der Waals surface area contributed by atoms with Crippen LogP contribution in [-0.2, 0) is 30.2 Å². The van der Waals surface area contributed by atoms with Gasteiger partial charge < -0.3 is 19.3 Å². The van der Waals surface area contributed by atoms with E-state index in [4.69, 9.17) is 19.3 Å². The molecule has 0 fully saturated rings. The van der Waals surface area contributed by atoms with Crippen LogP contribution in [0.4, 0.5) is 0 Å². The van der Waals surface area contributed by atoms with Crippen molar-refractivity contribution in [3.8, 4) is 0 Å². The number of carboxylic acid groups (broad SMARTS) is 1. The van der Waals surface area contributed by atoms with Crippen LogP contribution in [0.15, 0.2) is 30.3 Å². The largest absolute Gasteiger partial charge is 0.481 e. The zero-order valence-corrected chi connectivity index (χ0v) is 14.1. The summed E-state index contributed by atoms with van der Waals surface area (Å²) in [6, 6.07) is 9.76. The molecule has 1 aromatic rings. The van der Waals surface area contributed by atoms with Crippen LogP contribution in [0.25, 0.3) is 0 Å². The standard InChI is InChI=1S/C18H26O6/c1-22-11-12-23-14-16(13-15-7-3-2-4-8-15)24-18(21)10-6-5-9-17(19)20/h2-4,7-8,16H,5-6,9-14H2,1H3,(H,19,20). The van der Waals surface area contributed by atoms with Gasteiger partial charge in [-0.05, 0) is 18.4 Å². The van der Waals surface area contributed by atoms with Gasteiger partial charge in [0, 0.05) is 26.4 Å². The molecule has 6 heteroatoms. The van der Waals surface area contributed by atoms with Crippen LogP contribution in [0, 0.1) is 0 Å². The van der Waals surface area contributed by atoms with E-state index in [1.807, 2.05) is 30.3 Å². The molecule has 0 bridgehead atoms. The molecule has 0 aromatic heterocycles. The number of carbonyl (C=O) groups is 2. The fourth-order valence-corrected chi connectivity index (χ4v) is 2.16. The number of unbranched alkanes of at least 4 members (excludes halogenated alkanes) is 1. The maximum absolute atomic E-state index is 11.9. The molecule has 0 radical (unpaired) electrons. The summed E-state index contributed by atoms with van der Waals surface area (Å²) in [7, 11) is 1.60. The lowest BCUT2D eigenvalue weighted by Crippen LogP contribution is -2.26. The summed E-state index contributed by atoms with van der Waals surface area (Å²) < 4.78 is 15.9. The summed E-state index contributed by atoms with van der Waals surface area (Å²) in [5.41, 5.74) is 1.07. The van der Waals surface area contributed by atoms with Crippen molar-refractivity contribution in [2.24, 2.45) is 0 Å². The Bertz CT molecular complexity index is 474. The molecule has 0 spiro atoms. The van der Waals surface area contributed by atoms with Crippen molar-refractivity contribution in [2.45, 2.75) is 38.2 Å². The van der Waals surface area contributed by atoms with Crippen molar-refractivity contribution in [1.29, 1.82) is 0 Å². The molecule has 6 nitrogen and oxygen atoms in total. The minimum absolute atomic E-state index is 0.0703. The highest BCUT2D eigenvalue weighted by Gasteiger charge is 2.15. The van der Waals surface area contributed by atoms with Crippen LogP contribution in [0.2, 0.25) is 0 Å². The Labute approximate surface area is 142 Å². The second-order valence-electron chi connectivity index (χ2n) is 5.47. The third-order valence-electron chi connectivity index (χ3n) is 3.36. The molecule has 0 aliphatic rings. The maximum Gasteiger partial charge on any atom is 0.306 e. The number of ether oxygens (including phenoxy) is 3. The van der Waals surface area contributed by atoms with Gasteiger partial charge in [0.1, 0.15) is 6.10 Å². The summed E-state index contributed by atoms with van der Waals surface area (Å²) in [6.45, 7) is 1.23. The first-order chi connectivity index (χ1) is 11.6. The van der Waals surface area contributed by atoms with Crippen molar-refractivity contribution in [3.63, 3.8) is 0 Å². The first kappa shape index (κ1) is 20.1. The molecule has 1 atom stereocenters. The predicted molar refractivity (Wildman–Crippen MR) is 88.8 cm³/mol. The minimum Gasteiger partial charge on any atom is -0.481 e. The van der Waals surface area contributed by atoms with Gasteiger partial charge in [-0.2, -0.15) is 0 Å². The molecular weight excluding hydrogens is 312 g/mol. The van der Waals surface area contributed by atoms with Crippen molar-refractivity contribution in [3.05, 3.63) is 35.9 Å². The average molecular weight is 338 g/mol. The molecule has 1 rings (SSSR count). The van der Waals surface area contributed by atoms with Gasteiger partial charge in [-0.3, -0.25) is 9.59 Å². The quantitative estimate of drug-likeness (QED) is 0.439. The number of benzene rings is 1. The number of esters is 1. The lowest BCUT2D eigenvalue weighted by atomic mass is 10.1. The Hall–Kier alpha value is -1.92. The van der Waals surface area contributed by atoms with Gasteiger partial charge in [-0.1, -0.05) is 30.3 Å². The number of carboxylic acids is 1. The highest BCUT2D eigenvalue weighted by Crippen LogP contribution is 2.09. The summed E-state index contributed by atoms with van der Waals surface area (Å²) in [6.07, 6.45) is 1.48. The highest BCUT2D eigenvalue weighted by atomic mass is 16.6. The van der Waals surface area contributed by atoms with Gasteiger partial charge in [0.05, 0.1) is 19.8 Å². The lowest BCUT2D eigenvalue weighted by molar-refractivity contribution is -0.152. The molecule has 134 valence electrons. The van der Waals surface area contributed by atoms with Gasteiger partial charge in [-0.25, -0.2) is 0 Å². The third-order valence-corrected chi connectivity index (χ3v) is 3.36. The smallest absolute Gasteiger partial charge is 0.306 e. The van der Waals surface area contributed by atoms with Crippen molar-refractivity contribution in [1.82, 2.24) is 0 Å². The number of carbonyl (C=O) groups excluding carboxylic acids is 1. The monoisotopic (exact) mass is 338 g/mol. The highest BCUT2D eigenvalue weighted by molar-refractivity contribution is 5.70. The van der Waals surface area contributed by atoms with E-state index in [2.05, 4.69) is 0 Å². The average Bonchev–Trinajstić information content (AvgIpc) is 2.56. The summed E-state index contributed by atoms with van der Waals surface area (Å²) in [5, 5.41) is 8.59. The molecule has 1 N–H and O–H groups in total.